The first kappa shape index (κ1) is 14.8. The maximum Gasteiger partial charge on any atom is 0.269 e. The average molecular weight is 336 g/mol. The Morgan fingerprint density at radius 3 is 2.60 bits per heavy atom. The zero-order valence-electron chi connectivity index (χ0n) is 11.7. The lowest BCUT2D eigenvalue weighted by atomic mass is 10.2. The highest BCUT2D eigenvalue weighted by atomic mass is 79.9. The molecule has 2 rings (SSSR count). The van der Waals surface area contributed by atoms with Gasteiger partial charge >= 0.3 is 0 Å². The molecule has 1 heterocycles. The van der Waals surface area contributed by atoms with Gasteiger partial charge in [0.15, 0.2) is 0 Å². The van der Waals surface area contributed by atoms with E-state index in [2.05, 4.69) is 28.0 Å². The number of nitrogens with zero attached hydrogens (tertiary/aromatic N) is 3. The van der Waals surface area contributed by atoms with Crippen LogP contribution in [0.25, 0.3) is 0 Å². The standard InChI is InChI=1S/C15H18BrN3O/c1-3-8-18(2)14-9-15(20)19(17-10-14)11-12-4-6-13(16)7-5-12/h4-7,9-10H,3,8,11H2,1-2H3. The molecule has 0 radical (unpaired) electrons. The van der Waals surface area contributed by atoms with Crippen LogP contribution in [0.3, 0.4) is 0 Å². The van der Waals surface area contributed by atoms with E-state index >= 15 is 0 Å². The van der Waals surface area contributed by atoms with Crippen LogP contribution >= 0.6 is 15.9 Å². The molecule has 4 nitrogen and oxygen atoms in total. The van der Waals surface area contributed by atoms with Crippen molar-refractivity contribution in [2.75, 3.05) is 18.5 Å². The molecule has 0 aliphatic carbocycles. The van der Waals surface area contributed by atoms with E-state index in [1.54, 1.807) is 12.3 Å². The molecule has 0 saturated carbocycles. The molecule has 0 unspecified atom stereocenters. The molecule has 2 aromatic rings. The van der Waals surface area contributed by atoms with Crippen LogP contribution < -0.4 is 10.5 Å². The fourth-order valence-corrected chi connectivity index (χ4v) is 2.24. The van der Waals surface area contributed by atoms with Gasteiger partial charge in [-0.05, 0) is 24.1 Å². The predicted molar refractivity (Wildman–Crippen MR) is 85.3 cm³/mol. The van der Waals surface area contributed by atoms with E-state index < -0.39 is 0 Å². The van der Waals surface area contributed by atoms with Crippen LogP contribution in [0.15, 0.2) is 45.8 Å². The normalized spacial score (nSPS) is 10.6. The second-order valence-electron chi connectivity index (χ2n) is 4.76. The van der Waals surface area contributed by atoms with Crippen molar-refractivity contribution in [3.05, 3.63) is 56.9 Å². The van der Waals surface area contributed by atoms with Crippen LogP contribution in [-0.2, 0) is 6.54 Å². The monoisotopic (exact) mass is 335 g/mol. The minimum Gasteiger partial charge on any atom is -0.373 e. The first-order valence-corrected chi connectivity index (χ1v) is 7.42. The Morgan fingerprint density at radius 1 is 1.30 bits per heavy atom. The highest BCUT2D eigenvalue weighted by molar-refractivity contribution is 9.10. The first-order chi connectivity index (χ1) is 9.60. The Labute approximate surface area is 127 Å². The summed E-state index contributed by atoms with van der Waals surface area (Å²) in [5, 5.41) is 4.25. The number of anilines is 1. The van der Waals surface area contributed by atoms with Crippen molar-refractivity contribution in [3.63, 3.8) is 0 Å². The van der Waals surface area contributed by atoms with Crippen molar-refractivity contribution >= 4 is 21.6 Å². The maximum absolute atomic E-state index is 12.1. The molecule has 1 aromatic heterocycles. The van der Waals surface area contributed by atoms with E-state index in [1.165, 1.54) is 4.68 Å². The Balaban J connectivity index is 2.17. The Kier molecular flexibility index (Phi) is 4.95. The van der Waals surface area contributed by atoms with E-state index in [0.717, 1.165) is 28.7 Å². The summed E-state index contributed by atoms with van der Waals surface area (Å²) < 4.78 is 2.50. The third kappa shape index (κ3) is 3.70. The molecular formula is C15H18BrN3O. The number of hydrogen-bond donors (Lipinski definition) is 0. The quantitative estimate of drug-likeness (QED) is 0.843. The largest absolute Gasteiger partial charge is 0.373 e. The average Bonchev–Trinajstić information content (AvgIpc) is 2.43. The lowest BCUT2D eigenvalue weighted by Gasteiger charge is -2.17. The van der Waals surface area contributed by atoms with E-state index in [0.29, 0.717) is 6.54 Å². The SMILES string of the molecule is CCCN(C)c1cnn(Cc2ccc(Br)cc2)c(=O)c1. The molecule has 20 heavy (non-hydrogen) atoms. The summed E-state index contributed by atoms with van der Waals surface area (Å²) in [6.07, 6.45) is 2.79. The van der Waals surface area contributed by atoms with Crippen LogP contribution in [0.2, 0.25) is 0 Å². The number of halogens is 1. The first-order valence-electron chi connectivity index (χ1n) is 6.63. The summed E-state index contributed by atoms with van der Waals surface area (Å²) >= 11 is 3.40. The lowest BCUT2D eigenvalue weighted by Crippen LogP contribution is -2.26. The van der Waals surface area contributed by atoms with Crippen molar-refractivity contribution in [1.29, 1.82) is 0 Å². The van der Waals surface area contributed by atoms with Crippen LogP contribution in [0, 0.1) is 0 Å². The second-order valence-corrected chi connectivity index (χ2v) is 5.67. The zero-order valence-corrected chi connectivity index (χ0v) is 13.3. The van der Waals surface area contributed by atoms with Crippen LogP contribution in [0.1, 0.15) is 18.9 Å². The van der Waals surface area contributed by atoms with Gasteiger partial charge in [-0.15, -0.1) is 0 Å². The van der Waals surface area contributed by atoms with Crippen molar-refractivity contribution in [2.45, 2.75) is 19.9 Å². The van der Waals surface area contributed by atoms with Gasteiger partial charge in [-0.3, -0.25) is 4.79 Å². The predicted octanol–water partition coefficient (Wildman–Crippen LogP) is 2.90. The van der Waals surface area contributed by atoms with Gasteiger partial charge in [0.2, 0.25) is 0 Å². The smallest absolute Gasteiger partial charge is 0.269 e. The molecule has 0 fully saturated rings. The fraction of sp³-hybridized carbons (Fsp3) is 0.333. The molecule has 0 bridgehead atoms. The summed E-state index contributed by atoms with van der Waals surface area (Å²) in [5.41, 5.74) is 1.84. The lowest BCUT2D eigenvalue weighted by molar-refractivity contribution is 0.637. The highest BCUT2D eigenvalue weighted by Crippen LogP contribution is 2.11. The molecule has 0 amide bonds. The van der Waals surface area contributed by atoms with Gasteiger partial charge in [-0.2, -0.15) is 5.10 Å². The minimum atomic E-state index is -0.0756. The third-order valence-electron chi connectivity index (χ3n) is 3.10. The number of aromatic nitrogens is 2. The van der Waals surface area contributed by atoms with Gasteiger partial charge in [0.1, 0.15) is 0 Å². The topological polar surface area (TPSA) is 38.1 Å². The highest BCUT2D eigenvalue weighted by Gasteiger charge is 2.04. The van der Waals surface area contributed by atoms with Crippen molar-refractivity contribution < 1.29 is 0 Å². The summed E-state index contributed by atoms with van der Waals surface area (Å²) in [4.78, 5) is 14.1. The number of benzene rings is 1. The van der Waals surface area contributed by atoms with Crippen LogP contribution in [0.4, 0.5) is 5.69 Å². The van der Waals surface area contributed by atoms with Crippen molar-refractivity contribution in [1.82, 2.24) is 9.78 Å². The summed E-state index contributed by atoms with van der Waals surface area (Å²) in [6.45, 7) is 3.51. The van der Waals surface area contributed by atoms with Gasteiger partial charge in [-0.1, -0.05) is 35.0 Å². The molecule has 1 aromatic carbocycles. The molecule has 5 heteroatoms. The van der Waals surface area contributed by atoms with Gasteiger partial charge in [0, 0.05) is 24.1 Å². The van der Waals surface area contributed by atoms with Crippen molar-refractivity contribution in [3.8, 4) is 0 Å². The van der Waals surface area contributed by atoms with E-state index in [-0.39, 0.29) is 5.56 Å². The zero-order chi connectivity index (χ0) is 14.5. The van der Waals surface area contributed by atoms with Gasteiger partial charge in [0.05, 0.1) is 18.4 Å². The van der Waals surface area contributed by atoms with Crippen LogP contribution in [0.5, 0.6) is 0 Å². The third-order valence-corrected chi connectivity index (χ3v) is 3.63. The fourth-order valence-electron chi connectivity index (χ4n) is 1.98. The molecule has 0 spiro atoms. The molecule has 0 N–H and O–H groups in total. The minimum absolute atomic E-state index is 0.0756. The Hall–Kier alpha value is -1.62. The molecule has 0 atom stereocenters. The second kappa shape index (κ2) is 6.70. The van der Waals surface area contributed by atoms with Gasteiger partial charge in [-0.25, -0.2) is 4.68 Å². The number of rotatable bonds is 5. The molecular weight excluding hydrogens is 318 g/mol. The molecule has 0 aliphatic rings. The summed E-state index contributed by atoms with van der Waals surface area (Å²) in [5.74, 6) is 0. The van der Waals surface area contributed by atoms with Gasteiger partial charge < -0.3 is 4.90 Å². The Morgan fingerprint density at radius 2 is 2.00 bits per heavy atom. The van der Waals surface area contributed by atoms with E-state index in [1.807, 2.05) is 36.2 Å². The number of hydrogen-bond acceptors (Lipinski definition) is 3. The maximum atomic E-state index is 12.1. The molecule has 0 saturated heterocycles. The summed E-state index contributed by atoms with van der Waals surface area (Å²) in [6, 6.07) is 9.53. The molecule has 106 valence electrons. The van der Waals surface area contributed by atoms with E-state index in [9.17, 15) is 4.79 Å². The Bertz CT molecular complexity index is 622. The van der Waals surface area contributed by atoms with Crippen molar-refractivity contribution in [2.24, 2.45) is 0 Å². The molecule has 0 aliphatic heterocycles. The van der Waals surface area contributed by atoms with Gasteiger partial charge in [0.25, 0.3) is 5.56 Å². The van der Waals surface area contributed by atoms with E-state index in [4.69, 9.17) is 0 Å². The summed E-state index contributed by atoms with van der Waals surface area (Å²) in [7, 11) is 1.97. The van der Waals surface area contributed by atoms with Crippen LogP contribution in [-0.4, -0.2) is 23.4 Å².